The van der Waals surface area contributed by atoms with E-state index in [4.69, 9.17) is 0 Å². The Morgan fingerprint density at radius 1 is 0.262 bits per heavy atom. The average molecular weight is 1770 g/mol. The third-order valence-corrected chi connectivity index (χ3v) is 19.0. The lowest BCUT2D eigenvalue weighted by atomic mass is 10.0. The Labute approximate surface area is 814 Å². The molecule has 0 aromatic rings. The third-order valence-electron chi connectivity index (χ3n) is 19.0. The maximum atomic E-state index is 3.91. The summed E-state index contributed by atoms with van der Waals surface area (Å²) in [6.07, 6.45) is 99.4. The second kappa shape index (κ2) is 107. The minimum Gasteiger partial charge on any atom is -0.102 e. The first kappa shape index (κ1) is 141. The third kappa shape index (κ3) is 144. The van der Waals surface area contributed by atoms with Gasteiger partial charge in [-0.25, -0.2) is 0 Å². The van der Waals surface area contributed by atoms with E-state index in [-0.39, 0.29) is 0 Å². The first-order chi connectivity index (χ1) is 61.1. The van der Waals surface area contributed by atoms with E-state index < -0.39 is 0 Å². The van der Waals surface area contributed by atoms with Gasteiger partial charge in [-0.2, -0.15) is 0 Å². The van der Waals surface area contributed by atoms with Crippen LogP contribution in [0.3, 0.4) is 0 Å². The van der Waals surface area contributed by atoms with Crippen LogP contribution in [0.15, 0.2) is 434 Å². The minimum atomic E-state index is 0.482. The fraction of sp³-hybridized carbons (Fsp3) is 0.446. The summed E-state index contributed by atoms with van der Waals surface area (Å²) in [4.78, 5) is 0. The lowest BCUT2D eigenvalue weighted by Crippen LogP contribution is -1.82. The second-order valence-electron chi connectivity index (χ2n) is 36.1. The van der Waals surface area contributed by atoms with Gasteiger partial charge in [0.15, 0.2) is 0 Å². The minimum absolute atomic E-state index is 0.482. The van der Waals surface area contributed by atoms with Gasteiger partial charge >= 0.3 is 0 Å². The van der Waals surface area contributed by atoms with Crippen LogP contribution in [-0.4, -0.2) is 0 Å². The molecule has 0 nitrogen and oxygen atoms in total. The zero-order chi connectivity index (χ0) is 102. The molecular weight excluding hydrogens is 1560 g/mol. The Morgan fingerprint density at radius 3 is 0.846 bits per heavy atom. The van der Waals surface area contributed by atoms with Crippen molar-refractivity contribution in [2.45, 2.75) is 374 Å². The molecule has 0 saturated carbocycles. The summed E-state index contributed by atoms with van der Waals surface area (Å²) in [5.74, 6) is 1.23. The van der Waals surface area contributed by atoms with Gasteiger partial charge in [0.1, 0.15) is 0 Å². The predicted molar refractivity (Wildman–Crippen MR) is 618 cm³/mol. The van der Waals surface area contributed by atoms with E-state index in [1.54, 1.807) is 0 Å². The summed E-state index contributed by atoms with van der Waals surface area (Å²) in [6.45, 7) is 122. The molecule has 0 amide bonds. The quantitative estimate of drug-likeness (QED) is 0.0421. The molecule has 0 aliphatic heterocycles. The van der Waals surface area contributed by atoms with Crippen molar-refractivity contribution in [1.29, 1.82) is 0 Å². The van der Waals surface area contributed by atoms with Gasteiger partial charge < -0.3 is 0 Å². The van der Waals surface area contributed by atoms with Crippen LogP contribution in [0.1, 0.15) is 374 Å². The Hall–Kier alpha value is -9.36. The van der Waals surface area contributed by atoms with Crippen LogP contribution in [0.5, 0.6) is 0 Å². The SMILES string of the molecule is C=C/C(=C\CC=C(C)C)CC.C=C/C(C)=C/C/C=C(\C)CCC=C(C)C.C=C/C(C)=C/CC=C(C)C.C=C/C=C/C/C=C(\C)CCC=C(C)C.C=CC(=C)CC/C=C(/C)CCC=C(C)C.C=CC(=C)CC/C=C(C)/C=C\CC(C)C.C=CC(=C)CC/C=C(\C)CCC=C(C)C.C=CC(=C)CC/C=C(\C)CCCC(=C)C.C=CC(=C)CCC=C(C)C.C=CC(C)/C=C\C=C(C)C. The zero-order valence-electron chi connectivity index (χ0n) is 91.1. The van der Waals surface area contributed by atoms with E-state index in [0.29, 0.717) is 5.92 Å². The van der Waals surface area contributed by atoms with Crippen molar-refractivity contribution >= 4 is 0 Å². The van der Waals surface area contributed by atoms with Crippen molar-refractivity contribution in [2.75, 3.05) is 0 Å². The molecule has 1 atom stereocenters. The van der Waals surface area contributed by atoms with Crippen molar-refractivity contribution in [2.24, 2.45) is 11.8 Å². The Morgan fingerprint density at radius 2 is 0.562 bits per heavy atom. The highest BCUT2D eigenvalue weighted by Gasteiger charge is 1.98. The summed E-state index contributed by atoms with van der Waals surface area (Å²) in [5.41, 5.74) is 30.5. The normalized spacial score (nSPS) is 11.4. The fourth-order valence-electron chi connectivity index (χ4n) is 10.0. The molecular formula is C130H208. The molecule has 0 saturated heterocycles. The molecule has 130 heavy (non-hydrogen) atoms. The Balaban J connectivity index is -0.000000154. The molecule has 0 heteroatoms. The van der Waals surface area contributed by atoms with E-state index in [0.717, 1.165) is 169 Å². The predicted octanol–water partition coefficient (Wildman–Crippen LogP) is 44.8. The molecule has 0 aromatic heterocycles. The number of allylic oxidation sites excluding steroid dienone is 56. The summed E-state index contributed by atoms with van der Waals surface area (Å²) < 4.78 is 0. The lowest BCUT2D eigenvalue weighted by Gasteiger charge is -2.02. The molecule has 0 radical (unpaired) electrons. The topological polar surface area (TPSA) is 0 Å². The molecule has 0 aliphatic rings. The molecule has 728 valence electrons. The summed E-state index contributed by atoms with van der Waals surface area (Å²) in [6, 6.07) is 0. The van der Waals surface area contributed by atoms with Crippen molar-refractivity contribution in [1.82, 2.24) is 0 Å². The van der Waals surface area contributed by atoms with Crippen LogP contribution in [-0.2, 0) is 0 Å². The van der Waals surface area contributed by atoms with Crippen LogP contribution in [0.4, 0.5) is 0 Å². The van der Waals surface area contributed by atoms with E-state index in [9.17, 15) is 0 Å². The summed E-state index contributed by atoms with van der Waals surface area (Å²) in [7, 11) is 0. The van der Waals surface area contributed by atoms with Crippen LogP contribution < -0.4 is 0 Å². The average Bonchev–Trinajstić information content (AvgIpc) is 1.03. The van der Waals surface area contributed by atoms with E-state index in [1.807, 2.05) is 66.8 Å². The van der Waals surface area contributed by atoms with Crippen molar-refractivity contribution < 1.29 is 0 Å². The van der Waals surface area contributed by atoms with Crippen LogP contribution >= 0.6 is 0 Å². The molecule has 0 bridgehead atoms. The fourth-order valence-corrected chi connectivity index (χ4v) is 10.0. The van der Waals surface area contributed by atoms with Crippen molar-refractivity contribution in [3.8, 4) is 0 Å². The van der Waals surface area contributed by atoms with Crippen LogP contribution in [0.25, 0.3) is 0 Å². The first-order valence-electron chi connectivity index (χ1n) is 48.5. The van der Waals surface area contributed by atoms with E-state index in [2.05, 4.69) is 440 Å². The van der Waals surface area contributed by atoms with Gasteiger partial charge in [-0.15, -0.1) is 13.2 Å². The van der Waals surface area contributed by atoms with E-state index >= 15 is 0 Å². The highest BCUT2D eigenvalue weighted by Crippen LogP contribution is 2.18. The highest BCUT2D eigenvalue weighted by atomic mass is 14.0. The van der Waals surface area contributed by atoms with Crippen molar-refractivity contribution in [3.63, 3.8) is 0 Å². The van der Waals surface area contributed by atoms with Crippen molar-refractivity contribution in [3.05, 3.63) is 434 Å². The van der Waals surface area contributed by atoms with Gasteiger partial charge in [0.05, 0.1) is 0 Å². The molecule has 0 heterocycles. The number of hydrogen-bond donors (Lipinski definition) is 0. The van der Waals surface area contributed by atoms with Gasteiger partial charge in [0, 0.05) is 0 Å². The molecule has 0 spiro atoms. The maximum absolute atomic E-state index is 3.91. The molecule has 0 rings (SSSR count). The first-order valence-corrected chi connectivity index (χ1v) is 48.5. The largest absolute Gasteiger partial charge is 0.102 e. The highest BCUT2D eigenvalue weighted by molar-refractivity contribution is 5.22. The van der Waals surface area contributed by atoms with Gasteiger partial charge in [0.25, 0.3) is 0 Å². The maximum Gasteiger partial charge on any atom is -0.00814 e. The van der Waals surface area contributed by atoms with Gasteiger partial charge in [-0.3, -0.25) is 0 Å². The van der Waals surface area contributed by atoms with E-state index in [1.165, 1.54) is 139 Å². The molecule has 0 fully saturated rings. The second-order valence-corrected chi connectivity index (χ2v) is 36.1. The molecule has 0 N–H and O–H groups in total. The molecule has 0 aromatic carbocycles. The number of hydrogen-bond acceptors (Lipinski definition) is 0. The Bertz CT molecular complexity index is 3730. The van der Waals surface area contributed by atoms with Gasteiger partial charge in [0.2, 0.25) is 0 Å². The van der Waals surface area contributed by atoms with Crippen LogP contribution in [0, 0.1) is 11.8 Å². The molecule has 1 unspecified atom stereocenters. The Kier molecular flexibility index (Phi) is 116. The smallest absolute Gasteiger partial charge is 0.00814 e. The van der Waals surface area contributed by atoms with Gasteiger partial charge in [-0.05, 0) is 358 Å². The standard InChI is InChI=1S/5C15H24.C14H22.C11H18.3C10H16/c5*1-6-14(4)10-8-12-15(5)11-7-9-13(2)3;1-5-6-7-8-11-14(4)12-9-10-13(2)3;1-5-11(6-2)9-7-8-10(3)4;3*1-5-10(4)8-6-7-9(2)3/h6,9-10,12H,1,7-8,11H2,2-5H3;2*6,9,12H,1,4,7-8,10-11H2,2-3,5H3;6-7,11-13H,1,4,8-10H2,2-3,5H3;6,12H,1-2,4,7-11H2,3,5H3;5-7,10-11H,1,8-9,12H2,2-4H3;5,8-9H,1,6-7H2,2-4H3;5,7-8H,1,6H2,2-4H3;5-8,10H,1H2,2-4H3;5,7H,1,4,6,8H2,2-3H3/b14-10+,15-12+;15-12+;15-12-;11-7-,15-12+;15-12+;7-6+,14-11+;11-9+;10-8+;8-6-;. The van der Waals surface area contributed by atoms with Crippen LogP contribution in [0.2, 0.25) is 0 Å². The zero-order valence-corrected chi connectivity index (χ0v) is 91.1. The number of rotatable bonds is 55. The van der Waals surface area contributed by atoms with Gasteiger partial charge in [-0.1, -0.05) is 448 Å². The summed E-state index contributed by atoms with van der Waals surface area (Å²) >= 11 is 0. The lowest BCUT2D eigenvalue weighted by molar-refractivity contribution is 0.663. The summed E-state index contributed by atoms with van der Waals surface area (Å²) in [5, 5.41) is 0. The monoisotopic (exact) mass is 1770 g/mol. The molecule has 0 aliphatic carbocycles.